The molecule has 3 rings (SSSR count). The molecule has 1 amide bonds. The number of hydrogen-bond acceptors (Lipinski definition) is 6. The Morgan fingerprint density at radius 3 is 2.70 bits per heavy atom. The van der Waals surface area contributed by atoms with Crippen LogP contribution in [0.5, 0.6) is 5.75 Å². The van der Waals surface area contributed by atoms with E-state index < -0.39 is 12.0 Å². The lowest BCUT2D eigenvalue weighted by molar-refractivity contribution is -0.131. The van der Waals surface area contributed by atoms with E-state index in [2.05, 4.69) is 31.6 Å². The first-order valence-electron chi connectivity index (χ1n) is 8.03. The highest BCUT2D eigenvalue weighted by molar-refractivity contribution is 9.10. The molecule has 0 radical (unpaired) electrons. The third kappa shape index (κ3) is 4.93. The van der Waals surface area contributed by atoms with E-state index in [9.17, 15) is 9.90 Å². The summed E-state index contributed by atoms with van der Waals surface area (Å²) in [5.74, 6) is -0.295. The molecule has 2 N–H and O–H groups in total. The van der Waals surface area contributed by atoms with E-state index in [4.69, 9.17) is 4.84 Å². The van der Waals surface area contributed by atoms with Gasteiger partial charge in [-0.2, -0.15) is 5.10 Å². The van der Waals surface area contributed by atoms with Crippen LogP contribution in [0.4, 0.5) is 0 Å². The normalized spacial score (nSPS) is 12.7. The second-order valence-electron chi connectivity index (χ2n) is 5.58. The van der Waals surface area contributed by atoms with Crippen LogP contribution in [0.1, 0.15) is 17.4 Å². The summed E-state index contributed by atoms with van der Waals surface area (Å²) in [5.41, 5.74) is 3.23. The number of thiophene rings is 1. The number of nitrogens with one attached hydrogen (secondary N) is 1. The average molecular weight is 446 g/mol. The van der Waals surface area contributed by atoms with Gasteiger partial charge >= 0.3 is 0 Å². The lowest BCUT2D eigenvalue weighted by Gasteiger charge is -2.06. The number of halogens is 1. The molecule has 27 heavy (non-hydrogen) atoms. The molecule has 0 aliphatic heterocycles. The van der Waals surface area contributed by atoms with Gasteiger partial charge in [-0.05, 0) is 36.8 Å². The lowest BCUT2D eigenvalue weighted by atomic mass is 10.2. The van der Waals surface area contributed by atoms with Crippen LogP contribution in [-0.2, 0) is 9.63 Å². The van der Waals surface area contributed by atoms with Crippen molar-refractivity contribution in [2.24, 2.45) is 10.3 Å². The zero-order chi connectivity index (χ0) is 19.2. The van der Waals surface area contributed by atoms with E-state index in [1.54, 1.807) is 6.92 Å². The number of fused-ring (bicyclic) bond motifs is 1. The van der Waals surface area contributed by atoms with Gasteiger partial charge in [0.25, 0.3) is 5.91 Å². The molecular formula is C19H16BrN3O3S. The molecule has 0 aliphatic carbocycles. The number of benzene rings is 2. The van der Waals surface area contributed by atoms with Gasteiger partial charge in [0.1, 0.15) is 5.75 Å². The SMILES string of the molecule is CC(ON=Cc1ccc(Br)cc1)C(=O)NN=Cc1sc2ccccc2c1O. The fraction of sp³-hybridized carbons (Fsp3) is 0.105. The van der Waals surface area contributed by atoms with Crippen molar-refractivity contribution in [3.8, 4) is 5.75 Å². The number of carbonyl (C=O) groups excluding carboxylic acids is 1. The predicted molar refractivity (Wildman–Crippen MR) is 112 cm³/mol. The minimum Gasteiger partial charge on any atom is -0.506 e. The fourth-order valence-corrected chi connectivity index (χ4v) is 3.40. The summed E-state index contributed by atoms with van der Waals surface area (Å²) in [6, 6.07) is 15.0. The standard InChI is InChI=1S/C19H16BrN3O3S/c1-12(26-22-10-13-6-8-14(20)9-7-13)19(25)23-21-11-17-18(24)15-4-2-3-5-16(15)27-17/h2-12,24H,1H3,(H,23,25). The molecule has 0 fully saturated rings. The maximum absolute atomic E-state index is 12.0. The monoisotopic (exact) mass is 445 g/mol. The van der Waals surface area contributed by atoms with Gasteiger partial charge in [0.15, 0.2) is 0 Å². The van der Waals surface area contributed by atoms with Crippen LogP contribution in [0.25, 0.3) is 10.1 Å². The zero-order valence-corrected chi connectivity index (χ0v) is 16.7. The molecule has 8 heteroatoms. The van der Waals surface area contributed by atoms with Crippen LogP contribution < -0.4 is 5.43 Å². The molecule has 0 aliphatic rings. The number of nitrogens with zero attached hydrogens (tertiary/aromatic N) is 2. The van der Waals surface area contributed by atoms with Crippen LogP contribution >= 0.6 is 27.3 Å². The summed E-state index contributed by atoms with van der Waals surface area (Å²) in [4.78, 5) is 17.7. The summed E-state index contributed by atoms with van der Waals surface area (Å²) in [6.07, 6.45) is 2.12. The summed E-state index contributed by atoms with van der Waals surface area (Å²) in [5, 5.41) is 18.6. The fourth-order valence-electron chi connectivity index (χ4n) is 2.16. The Bertz CT molecular complexity index is 999. The van der Waals surface area contributed by atoms with E-state index in [0.29, 0.717) is 4.88 Å². The molecule has 2 aromatic carbocycles. The number of carbonyl (C=O) groups is 1. The van der Waals surface area contributed by atoms with Gasteiger partial charge in [-0.25, -0.2) is 5.43 Å². The first-order valence-corrected chi connectivity index (χ1v) is 9.63. The minimum absolute atomic E-state index is 0.150. The molecule has 1 aromatic heterocycles. The molecule has 1 unspecified atom stereocenters. The van der Waals surface area contributed by atoms with E-state index in [0.717, 1.165) is 20.1 Å². The maximum atomic E-state index is 12.0. The molecule has 0 spiro atoms. The van der Waals surface area contributed by atoms with E-state index in [1.165, 1.54) is 23.8 Å². The predicted octanol–water partition coefficient (Wildman–Crippen LogP) is 4.26. The summed E-state index contributed by atoms with van der Waals surface area (Å²) < 4.78 is 1.91. The minimum atomic E-state index is -0.815. The molecule has 1 heterocycles. The number of amides is 1. The molecule has 3 aromatic rings. The number of hydrazone groups is 1. The Morgan fingerprint density at radius 2 is 1.96 bits per heavy atom. The van der Waals surface area contributed by atoms with Crippen molar-refractivity contribution < 1.29 is 14.7 Å². The van der Waals surface area contributed by atoms with Gasteiger partial charge in [0.2, 0.25) is 6.10 Å². The topological polar surface area (TPSA) is 83.3 Å². The molecule has 6 nitrogen and oxygen atoms in total. The van der Waals surface area contributed by atoms with Crippen LogP contribution in [0.2, 0.25) is 0 Å². The lowest BCUT2D eigenvalue weighted by Crippen LogP contribution is -2.30. The zero-order valence-electron chi connectivity index (χ0n) is 14.3. The summed E-state index contributed by atoms with van der Waals surface area (Å²) in [6.45, 7) is 1.57. The van der Waals surface area contributed by atoms with Crippen molar-refractivity contribution in [1.82, 2.24) is 5.43 Å². The van der Waals surface area contributed by atoms with Gasteiger partial charge in [0.05, 0.1) is 17.3 Å². The van der Waals surface area contributed by atoms with E-state index in [1.807, 2.05) is 48.5 Å². The Labute approximate surface area is 168 Å². The van der Waals surface area contributed by atoms with Gasteiger partial charge in [-0.1, -0.05) is 45.4 Å². The van der Waals surface area contributed by atoms with E-state index in [-0.39, 0.29) is 5.75 Å². The van der Waals surface area contributed by atoms with Crippen molar-refractivity contribution >= 4 is 55.7 Å². The summed E-state index contributed by atoms with van der Waals surface area (Å²) in [7, 11) is 0. The first-order chi connectivity index (χ1) is 13.0. The molecule has 138 valence electrons. The third-order valence-electron chi connectivity index (χ3n) is 3.61. The van der Waals surface area contributed by atoms with Gasteiger partial charge < -0.3 is 9.94 Å². The largest absolute Gasteiger partial charge is 0.506 e. The molecule has 0 bridgehead atoms. The Kier molecular flexibility index (Phi) is 6.20. The number of hydrogen-bond donors (Lipinski definition) is 2. The average Bonchev–Trinajstić information content (AvgIpc) is 2.99. The molecule has 0 saturated carbocycles. The van der Waals surface area contributed by atoms with Gasteiger partial charge in [-0.15, -0.1) is 11.3 Å². The highest BCUT2D eigenvalue weighted by Gasteiger charge is 2.13. The smallest absolute Gasteiger partial charge is 0.283 e. The van der Waals surface area contributed by atoms with Gasteiger partial charge in [-0.3, -0.25) is 4.79 Å². The highest BCUT2D eigenvalue weighted by Crippen LogP contribution is 2.35. The van der Waals surface area contributed by atoms with Crippen molar-refractivity contribution in [2.45, 2.75) is 13.0 Å². The molecule has 1 atom stereocenters. The Morgan fingerprint density at radius 1 is 1.22 bits per heavy atom. The maximum Gasteiger partial charge on any atom is 0.283 e. The molecular weight excluding hydrogens is 430 g/mol. The number of rotatable bonds is 6. The Hall–Kier alpha value is -2.71. The first kappa shape index (κ1) is 19.1. The van der Waals surface area contributed by atoms with Crippen LogP contribution in [0.15, 0.2) is 63.3 Å². The van der Waals surface area contributed by atoms with Crippen LogP contribution in [-0.4, -0.2) is 29.5 Å². The third-order valence-corrected chi connectivity index (χ3v) is 5.24. The summed E-state index contributed by atoms with van der Waals surface area (Å²) >= 11 is 4.74. The van der Waals surface area contributed by atoms with Crippen molar-refractivity contribution in [3.63, 3.8) is 0 Å². The van der Waals surface area contributed by atoms with Crippen molar-refractivity contribution in [3.05, 3.63) is 63.4 Å². The second kappa shape index (κ2) is 8.79. The number of oxime groups is 1. The number of aromatic hydroxyl groups is 1. The molecule has 0 saturated heterocycles. The van der Waals surface area contributed by atoms with Crippen LogP contribution in [0, 0.1) is 0 Å². The second-order valence-corrected chi connectivity index (χ2v) is 7.58. The van der Waals surface area contributed by atoms with Gasteiger partial charge in [0, 0.05) is 14.6 Å². The van der Waals surface area contributed by atoms with Crippen LogP contribution in [0.3, 0.4) is 0 Å². The van der Waals surface area contributed by atoms with Crippen molar-refractivity contribution in [1.29, 1.82) is 0 Å². The quantitative estimate of drug-likeness (QED) is 0.439. The highest BCUT2D eigenvalue weighted by atomic mass is 79.9. The van der Waals surface area contributed by atoms with E-state index >= 15 is 0 Å². The Balaban J connectivity index is 1.54. The van der Waals surface area contributed by atoms with Crippen molar-refractivity contribution in [2.75, 3.05) is 0 Å².